The van der Waals surface area contributed by atoms with E-state index in [-0.39, 0.29) is 0 Å². The van der Waals surface area contributed by atoms with Gasteiger partial charge in [-0.1, -0.05) is 6.07 Å². The lowest BCUT2D eigenvalue weighted by molar-refractivity contribution is 1.17. The number of benzene rings is 1. The SMILES string of the molecule is CNc1nc(Nc2cc(C#N)ccc2C)c2[nH]cnc2n1. The van der Waals surface area contributed by atoms with Crippen LogP contribution >= 0.6 is 0 Å². The largest absolute Gasteiger partial charge is 0.357 e. The van der Waals surface area contributed by atoms with E-state index >= 15 is 0 Å². The van der Waals surface area contributed by atoms with Gasteiger partial charge in [-0.05, 0) is 24.6 Å². The van der Waals surface area contributed by atoms with Crippen LogP contribution in [0.15, 0.2) is 24.5 Å². The lowest BCUT2D eigenvalue weighted by Gasteiger charge is -2.10. The summed E-state index contributed by atoms with van der Waals surface area (Å²) in [5.41, 5.74) is 3.73. The second kappa shape index (κ2) is 5.09. The van der Waals surface area contributed by atoms with Crippen molar-refractivity contribution in [3.63, 3.8) is 0 Å². The van der Waals surface area contributed by atoms with Crippen molar-refractivity contribution in [2.24, 2.45) is 0 Å². The van der Waals surface area contributed by atoms with Crippen molar-refractivity contribution in [3.05, 3.63) is 35.7 Å². The standard InChI is InChI=1S/C14H13N7/c1-8-3-4-9(6-15)5-10(8)19-13-11-12(18-7-17-11)20-14(16-2)21-13/h3-5,7H,1-2H3,(H3,16,17,18,19,20,21). The summed E-state index contributed by atoms with van der Waals surface area (Å²) >= 11 is 0. The smallest absolute Gasteiger partial charge is 0.226 e. The Bertz CT molecular complexity index is 844. The quantitative estimate of drug-likeness (QED) is 0.680. The maximum atomic E-state index is 9.01. The molecule has 0 aliphatic heterocycles. The van der Waals surface area contributed by atoms with E-state index in [1.807, 2.05) is 13.0 Å². The first-order valence-corrected chi connectivity index (χ1v) is 6.38. The van der Waals surface area contributed by atoms with Crippen molar-refractivity contribution in [2.45, 2.75) is 6.92 Å². The number of nitrogens with one attached hydrogen (secondary N) is 3. The number of aromatic amines is 1. The van der Waals surface area contributed by atoms with Crippen LogP contribution in [-0.4, -0.2) is 27.0 Å². The van der Waals surface area contributed by atoms with Crippen molar-refractivity contribution in [2.75, 3.05) is 17.7 Å². The molecule has 0 saturated carbocycles. The molecule has 0 unspecified atom stereocenters. The van der Waals surface area contributed by atoms with Crippen LogP contribution in [0, 0.1) is 18.3 Å². The summed E-state index contributed by atoms with van der Waals surface area (Å²) in [6.45, 7) is 1.97. The maximum Gasteiger partial charge on any atom is 0.226 e. The van der Waals surface area contributed by atoms with Gasteiger partial charge in [0.25, 0.3) is 0 Å². The van der Waals surface area contributed by atoms with Crippen molar-refractivity contribution in [1.82, 2.24) is 19.9 Å². The number of hydrogen-bond donors (Lipinski definition) is 3. The van der Waals surface area contributed by atoms with Crippen LogP contribution in [0.25, 0.3) is 11.2 Å². The predicted octanol–water partition coefficient (Wildman–Crippen LogP) is 2.32. The number of fused-ring (bicyclic) bond motifs is 1. The fourth-order valence-corrected chi connectivity index (χ4v) is 1.99. The number of nitrogens with zero attached hydrogens (tertiary/aromatic N) is 4. The summed E-state index contributed by atoms with van der Waals surface area (Å²) in [4.78, 5) is 15.8. The average molecular weight is 279 g/mol. The predicted molar refractivity (Wildman–Crippen MR) is 80.4 cm³/mol. The van der Waals surface area contributed by atoms with Crippen LogP contribution in [0.3, 0.4) is 0 Å². The Morgan fingerprint density at radius 2 is 2.14 bits per heavy atom. The van der Waals surface area contributed by atoms with Crippen molar-refractivity contribution in [1.29, 1.82) is 5.26 Å². The zero-order valence-electron chi connectivity index (χ0n) is 11.6. The van der Waals surface area contributed by atoms with E-state index in [1.165, 1.54) is 0 Å². The summed E-state index contributed by atoms with van der Waals surface area (Å²) in [6.07, 6.45) is 1.57. The Morgan fingerprint density at radius 3 is 2.90 bits per heavy atom. The number of H-pyrrole nitrogens is 1. The number of rotatable bonds is 3. The van der Waals surface area contributed by atoms with Gasteiger partial charge in [0, 0.05) is 12.7 Å². The molecule has 3 aromatic rings. The first kappa shape index (κ1) is 12.9. The molecule has 2 heterocycles. The second-order valence-electron chi connectivity index (χ2n) is 4.51. The normalized spacial score (nSPS) is 10.3. The molecule has 3 rings (SSSR count). The molecule has 2 aromatic heterocycles. The Kier molecular flexibility index (Phi) is 3.12. The van der Waals surface area contributed by atoms with Gasteiger partial charge < -0.3 is 15.6 Å². The van der Waals surface area contributed by atoms with Crippen LogP contribution in [0.2, 0.25) is 0 Å². The number of hydrogen-bond acceptors (Lipinski definition) is 6. The van der Waals surface area contributed by atoms with Gasteiger partial charge >= 0.3 is 0 Å². The first-order chi connectivity index (χ1) is 10.2. The zero-order valence-corrected chi connectivity index (χ0v) is 11.6. The fraction of sp³-hybridized carbons (Fsp3) is 0.143. The number of anilines is 3. The third-order valence-corrected chi connectivity index (χ3v) is 3.13. The van der Waals surface area contributed by atoms with Crippen LogP contribution in [0.1, 0.15) is 11.1 Å². The van der Waals surface area contributed by atoms with E-state index < -0.39 is 0 Å². The van der Waals surface area contributed by atoms with Crippen LogP contribution < -0.4 is 10.6 Å². The molecule has 0 atom stereocenters. The molecule has 0 aliphatic rings. The van der Waals surface area contributed by atoms with Crippen LogP contribution in [0.4, 0.5) is 17.5 Å². The summed E-state index contributed by atoms with van der Waals surface area (Å²) in [5.74, 6) is 1.09. The number of aryl methyl sites for hydroxylation is 1. The van der Waals surface area contributed by atoms with Crippen LogP contribution in [0.5, 0.6) is 0 Å². The molecule has 0 radical (unpaired) electrons. The summed E-state index contributed by atoms with van der Waals surface area (Å²) < 4.78 is 0. The van der Waals surface area contributed by atoms with E-state index in [2.05, 4.69) is 36.6 Å². The molecule has 104 valence electrons. The number of nitriles is 1. The Morgan fingerprint density at radius 1 is 1.29 bits per heavy atom. The highest BCUT2D eigenvalue weighted by Gasteiger charge is 2.10. The minimum absolute atomic E-state index is 0.478. The molecule has 1 aromatic carbocycles. The molecule has 0 aliphatic carbocycles. The highest BCUT2D eigenvalue weighted by Crippen LogP contribution is 2.25. The van der Waals surface area contributed by atoms with Gasteiger partial charge in [-0.25, -0.2) is 4.98 Å². The second-order valence-corrected chi connectivity index (χ2v) is 4.51. The average Bonchev–Trinajstić information content (AvgIpc) is 2.98. The molecule has 0 fully saturated rings. The highest BCUT2D eigenvalue weighted by molar-refractivity contribution is 5.86. The molecule has 7 nitrogen and oxygen atoms in total. The molecule has 0 spiro atoms. The monoisotopic (exact) mass is 279 g/mol. The minimum Gasteiger partial charge on any atom is -0.357 e. The van der Waals surface area contributed by atoms with Gasteiger partial charge in [0.15, 0.2) is 11.5 Å². The van der Waals surface area contributed by atoms with Crippen molar-refractivity contribution in [3.8, 4) is 6.07 Å². The summed E-state index contributed by atoms with van der Waals surface area (Å²) in [5, 5.41) is 15.2. The van der Waals surface area contributed by atoms with E-state index in [0.717, 1.165) is 16.8 Å². The lowest BCUT2D eigenvalue weighted by Crippen LogP contribution is -2.02. The molecule has 0 saturated heterocycles. The number of aromatic nitrogens is 4. The molecular weight excluding hydrogens is 266 g/mol. The third-order valence-electron chi connectivity index (χ3n) is 3.13. The highest BCUT2D eigenvalue weighted by atomic mass is 15.2. The molecular formula is C14H13N7. The Hall–Kier alpha value is -3.14. The topological polar surface area (TPSA) is 102 Å². The fourth-order valence-electron chi connectivity index (χ4n) is 1.99. The summed E-state index contributed by atoms with van der Waals surface area (Å²) in [6, 6.07) is 7.60. The minimum atomic E-state index is 0.478. The molecule has 7 heteroatoms. The van der Waals surface area contributed by atoms with Gasteiger partial charge in [-0.3, -0.25) is 0 Å². The molecule has 3 N–H and O–H groups in total. The van der Waals surface area contributed by atoms with Crippen molar-refractivity contribution < 1.29 is 0 Å². The van der Waals surface area contributed by atoms with Gasteiger partial charge in [-0.15, -0.1) is 0 Å². The van der Waals surface area contributed by atoms with Gasteiger partial charge in [0.1, 0.15) is 5.52 Å². The van der Waals surface area contributed by atoms with Gasteiger partial charge in [0.05, 0.1) is 18.0 Å². The molecule has 21 heavy (non-hydrogen) atoms. The summed E-state index contributed by atoms with van der Waals surface area (Å²) in [7, 11) is 1.75. The molecule has 0 bridgehead atoms. The maximum absolute atomic E-state index is 9.01. The van der Waals surface area contributed by atoms with E-state index in [9.17, 15) is 0 Å². The van der Waals surface area contributed by atoms with Crippen LogP contribution in [-0.2, 0) is 0 Å². The molecule has 0 amide bonds. The Balaban J connectivity index is 2.09. The zero-order chi connectivity index (χ0) is 14.8. The number of imidazole rings is 1. The lowest BCUT2D eigenvalue weighted by atomic mass is 10.1. The van der Waals surface area contributed by atoms with Gasteiger partial charge in [-0.2, -0.15) is 15.2 Å². The van der Waals surface area contributed by atoms with E-state index in [0.29, 0.717) is 23.0 Å². The third kappa shape index (κ3) is 2.34. The Labute approximate surface area is 121 Å². The van der Waals surface area contributed by atoms with E-state index in [1.54, 1.807) is 25.5 Å². The first-order valence-electron chi connectivity index (χ1n) is 6.38. The van der Waals surface area contributed by atoms with E-state index in [4.69, 9.17) is 5.26 Å². The van der Waals surface area contributed by atoms with Crippen molar-refractivity contribution >= 4 is 28.6 Å². The van der Waals surface area contributed by atoms with Gasteiger partial charge in [0.2, 0.25) is 5.95 Å².